The summed E-state index contributed by atoms with van der Waals surface area (Å²) >= 11 is 3.04. The minimum atomic E-state index is -0.987. The molecule has 0 spiro atoms. The summed E-state index contributed by atoms with van der Waals surface area (Å²) in [7, 11) is 1.38. The third kappa shape index (κ3) is 10.5. The zero-order valence-electron chi connectivity index (χ0n) is 20.4. The van der Waals surface area contributed by atoms with Crippen LogP contribution in [0.5, 0.6) is 5.75 Å². The van der Waals surface area contributed by atoms with Gasteiger partial charge < -0.3 is 4.84 Å². The first-order chi connectivity index (χ1) is 20.1. The van der Waals surface area contributed by atoms with E-state index in [1.54, 1.807) is 17.4 Å². The van der Waals surface area contributed by atoms with E-state index in [0.717, 1.165) is 21.9 Å². The molecule has 0 fully saturated rings. The van der Waals surface area contributed by atoms with E-state index in [1.165, 1.54) is 23.3 Å². The largest absolute Gasteiger partial charge is 0.332 e. The van der Waals surface area contributed by atoms with Crippen LogP contribution in [0.1, 0.15) is 4.88 Å². The predicted molar refractivity (Wildman–Crippen MR) is 133 cm³/mol. The smallest absolute Gasteiger partial charge is 0.231 e. The molecule has 21 nitrogen and oxygen atoms in total. The molecule has 208 valence electrons. The Kier molecular flexibility index (Phi) is 12.4. The number of hydrogen-bond donors (Lipinski definition) is 0. The van der Waals surface area contributed by atoms with Crippen LogP contribution in [0.4, 0.5) is 8.78 Å². The van der Waals surface area contributed by atoms with Gasteiger partial charge in [0.1, 0.15) is 0 Å². The van der Waals surface area contributed by atoms with Gasteiger partial charge in [-0.25, -0.2) is 8.78 Å². The van der Waals surface area contributed by atoms with Gasteiger partial charge in [0.25, 0.3) is 0 Å². The Hall–Kier alpha value is -5.72. The van der Waals surface area contributed by atoms with E-state index >= 15 is 0 Å². The molecule has 41 heavy (non-hydrogen) atoms. The molecule has 0 aliphatic heterocycles. The lowest BCUT2D eigenvalue weighted by atomic mass is 10.1. The van der Waals surface area contributed by atoms with Crippen LogP contribution in [0.25, 0.3) is 20.2 Å². The summed E-state index contributed by atoms with van der Waals surface area (Å²) in [5.41, 5.74) is 0.343. The summed E-state index contributed by atoms with van der Waals surface area (Å²) in [6.45, 7) is 2.00. The Morgan fingerprint density at radius 3 is 1.41 bits per heavy atom. The van der Waals surface area contributed by atoms with Crippen molar-refractivity contribution in [1.29, 1.82) is 0 Å². The van der Waals surface area contributed by atoms with Gasteiger partial charge in [-0.15, -0.1) is 22.7 Å². The van der Waals surface area contributed by atoms with Crippen molar-refractivity contribution in [3.8, 4) is 25.9 Å². The van der Waals surface area contributed by atoms with Crippen molar-refractivity contribution in [2.75, 3.05) is 7.05 Å². The van der Waals surface area contributed by atoms with Crippen molar-refractivity contribution in [1.82, 2.24) is 0 Å². The zero-order chi connectivity index (χ0) is 29.1. The minimum absolute atomic E-state index is 0.343. The van der Waals surface area contributed by atoms with Crippen molar-refractivity contribution in [3.05, 3.63) is 52.9 Å². The first-order valence-electron chi connectivity index (χ1n) is 10.3. The fourth-order valence-electron chi connectivity index (χ4n) is 2.38. The fraction of sp³-hybridized carbons (Fsp3) is 0.125. The molecule has 0 atom stereocenters. The van der Waals surface area contributed by atoms with Gasteiger partial charge in [0.05, 0.1) is 12.3 Å². The average Bonchev–Trinajstić information content (AvgIpc) is 3.62. The second kappa shape index (κ2) is 17.0. The maximum absolute atomic E-state index is 14.4. The van der Waals surface area contributed by atoms with Crippen LogP contribution in [0.2, 0.25) is 0 Å². The SMILES string of the molecule is CN=NN=NN=NN=NN=NN=NN=NN=NN=NN=NOc1c(F)cc(-c2ccc(-c3ccc(C)s3)s2)cc1F. The van der Waals surface area contributed by atoms with Crippen LogP contribution in [-0.4, -0.2) is 7.05 Å². The lowest BCUT2D eigenvalue weighted by Crippen LogP contribution is -1.92. The van der Waals surface area contributed by atoms with Gasteiger partial charge >= 0.3 is 0 Å². The number of hydrogen-bond acceptors (Lipinski definition) is 5. The topological polar surface area (TPSA) is 256 Å². The number of rotatable bonds is 13. The molecule has 1 aromatic carbocycles. The summed E-state index contributed by atoms with van der Waals surface area (Å²) in [6.07, 6.45) is 0. The van der Waals surface area contributed by atoms with Gasteiger partial charge in [-0.1, -0.05) is 0 Å². The molecule has 3 rings (SSSR count). The van der Waals surface area contributed by atoms with E-state index in [9.17, 15) is 8.78 Å². The van der Waals surface area contributed by atoms with E-state index in [1.807, 2.05) is 25.1 Å². The highest BCUT2D eigenvalue weighted by Crippen LogP contribution is 2.39. The van der Waals surface area contributed by atoms with Crippen molar-refractivity contribution < 1.29 is 13.6 Å². The molecule has 0 bridgehead atoms. The molecule has 3 aromatic rings. The fourth-order valence-corrected chi connectivity index (χ4v) is 4.33. The quantitative estimate of drug-likeness (QED) is 0.134. The summed E-state index contributed by atoms with van der Waals surface area (Å²) < 4.78 is 28.9. The van der Waals surface area contributed by atoms with Gasteiger partial charge in [0.15, 0.2) is 11.6 Å². The van der Waals surface area contributed by atoms with E-state index in [2.05, 4.69) is 109 Å². The minimum Gasteiger partial charge on any atom is -0.332 e. The first-order valence-corrected chi connectivity index (χ1v) is 11.9. The Bertz CT molecular complexity index is 1560. The van der Waals surface area contributed by atoms with Crippen molar-refractivity contribution >= 4 is 22.7 Å². The molecule has 0 aliphatic carbocycles. The maximum atomic E-state index is 14.4. The van der Waals surface area contributed by atoms with Gasteiger partial charge in [-0.3, -0.25) is 0 Å². The molecule has 0 saturated heterocycles. The first kappa shape index (κ1) is 29.8. The van der Waals surface area contributed by atoms with Crippen LogP contribution in [0.3, 0.4) is 0 Å². The van der Waals surface area contributed by atoms with Gasteiger partial charge in [0, 0.05) is 71.7 Å². The molecule has 25 heteroatoms. The Morgan fingerprint density at radius 1 is 0.537 bits per heavy atom. The summed E-state index contributed by atoms with van der Waals surface area (Å²) in [6, 6.07) is 9.93. The molecule has 0 radical (unpaired) electrons. The second-order valence-electron chi connectivity index (χ2n) is 6.33. The van der Waals surface area contributed by atoms with Crippen molar-refractivity contribution in [2.24, 2.45) is 104 Å². The summed E-state index contributed by atoms with van der Waals surface area (Å²) in [4.78, 5) is 8.54. The van der Waals surface area contributed by atoms with Gasteiger partial charge in [-0.2, -0.15) is 5.11 Å². The lowest BCUT2D eigenvalue weighted by Gasteiger charge is -2.04. The van der Waals surface area contributed by atoms with E-state index in [-0.39, 0.29) is 0 Å². The highest BCUT2D eigenvalue weighted by atomic mass is 32.1. The van der Waals surface area contributed by atoms with Gasteiger partial charge in [0.2, 0.25) is 5.75 Å². The van der Waals surface area contributed by atoms with Crippen LogP contribution in [0.15, 0.2) is 141 Å². The molecule has 2 aromatic heterocycles. The van der Waals surface area contributed by atoms with Crippen molar-refractivity contribution in [2.45, 2.75) is 6.92 Å². The normalized spacial score (nSPS) is 13.4. The average molecular weight is 603 g/mol. The summed E-state index contributed by atoms with van der Waals surface area (Å²) in [5, 5.41) is 61.1. The summed E-state index contributed by atoms with van der Waals surface area (Å²) in [5.74, 6) is -2.75. The molecular weight excluding hydrogens is 590 g/mol. The highest BCUT2D eigenvalue weighted by molar-refractivity contribution is 7.23. The molecule has 2 heterocycles. The Balaban J connectivity index is 1.41. The number of nitrogens with zero attached hydrogens (tertiary/aromatic N) is 20. The standard InChI is InChI=1S/C16H12F2N20OS2/c1-9-3-4-14(40-9)15-6-5-13(41-15)10-7-11(17)16(12(18)8-10)39-38-37-36-35-34-33-32-31-30-29-28-27-26-25-24-23-22-21-20-19-2/h3-8H,1-2H3. The molecule has 0 saturated carbocycles. The van der Waals surface area contributed by atoms with E-state index < -0.39 is 17.4 Å². The monoisotopic (exact) mass is 602 g/mol. The highest BCUT2D eigenvalue weighted by Gasteiger charge is 2.16. The second-order valence-corrected chi connectivity index (χ2v) is 8.70. The molecular formula is C16H12F2N20OS2. The van der Waals surface area contributed by atoms with Crippen molar-refractivity contribution in [3.63, 3.8) is 0 Å². The third-order valence-corrected chi connectivity index (χ3v) is 6.14. The van der Waals surface area contributed by atoms with Crippen LogP contribution in [0, 0.1) is 18.6 Å². The number of thiophene rings is 2. The predicted octanol–water partition coefficient (Wildman–Crippen LogP) is 9.41. The lowest BCUT2D eigenvalue weighted by molar-refractivity contribution is 0.273. The number of aryl methyl sites for hydroxylation is 1. The molecule has 0 unspecified atom stereocenters. The van der Waals surface area contributed by atoms with Crippen LogP contribution < -0.4 is 4.84 Å². The van der Waals surface area contributed by atoms with Gasteiger partial charge in [-0.05, 0) is 90.7 Å². The van der Waals surface area contributed by atoms with Crippen LogP contribution >= 0.6 is 22.7 Å². The molecule has 0 aliphatic rings. The Labute approximate surface area is 233 Å². The Morgan fingerprint density at radius 2 is 0.951 bits per heavy atom. The zero-order valence-corrected chi connectivity index (χ0v) is 22.0. The molecule has 0 amide bonds. The van der Waals surface area contributed by atoms with Crippen LogP contribution in [-0.2, 0) is 0 Å². The van der Waals surface area contributed by atoms with E-state index in [0.29, 0.717) is 10.4 Å². The third-order valence-electron chi connectivity index (χ3n) is 3.81. The number of benzene rings is 1. The maximum Gasteiger partial charge on any atom is 0.231 e. The molecule has 0 N–H and O–H groups in total. The van der Waals surface area contributed by atoms with E-state index in [4.69, 9.17) is 0 Å². The number of halogens is 2.